The zero-order chi connectivity index (χ0) is 9.68. The minimum absolute atomic E-state index is 0.0997. The zero-order valence-electron chi connectivity index (χ0n) is 7.34. The highest BCUT2D eigenvalue weighted by molar-refractivity contribution is 6.22. The summed E-state index contributed by atoms with van der Waals surface area (Å²) in [5.41, 5.74) is 1.01. The van der Waals surface area contributed by atoms with Gasteiger partial charge in [-0.1, -0.05) is 30.3 Å². The van der Waals surface area contributed by atoms with Crippen LogP contribution in [0.25, 0.3) is 0 Å². The molecule has 0 aliphatic rings. The first-order chi connectivity index (χ1) is 6.20. The van der Waals surface area contributed by atoms with Crippen molar-refractivity contribution in [1.82, 2.24) is 0 Å². The summed E-state index contributed by atoms with van der Waals surface area (Å²) in [6, 6.07) is 9.46. The molecule has 1 atom stereocenters. The van der Waals surface area contributed by atoms with Crippen LogP contribution in [0.5, 0.6) is 0 Å². The van der Waals surface area contributed by atoms with Gasteiger partial charge in [-0.25, -0.2) is 4.79 Å². The van der Waals surface area contributed by atoms with E-state index < -0.39 is 5.97 Å². The van der Waals surface area contributed by atoms with E-state index in [2.05, 4.69) is 4.99 Å². The Hall–Kier alpha value is -1.64. The fraction of sp³-hybridized carbons (Fsp3) is 0.200. The molecule has 0 radical (unpaired) electrons. The third-order valence-corrected chi connectivity index (χ3v) is 1.69. The Morgan fingerprint density at radius 2 is 2.08 bits per heavy atom. The van der Waals surface area contributed by atoms with Gasteiger partial charge in [-0.2, -0.15) is 0 Å². The van der Waals surface area contributed by atoms with Crippen molar-refractivity contribution in [1.29, 1.82) is 0 Å². The van der Waals surface area contributed by atoms with Gasteiger partial charge in [0, 0.05) is 0 Å². The molecule has 13 heavy (non-hydrogen) atoms. The van der Waals surface area contributed by atoms with Crippen LogP contribution >= 0.6 is 0 Å². The smallest absolute Gasteiger partial charge is 0.346 e. The molecule has 0 saturated heterocycles. The summed E-state index contributed by atoms with van der Waals surface area (Å²) in [6.07, 6.45) is 0.928. The maximum atomic E-state index is 10.2. The Kier molecular flexibility index (Phi) is 3.20. The Morgan fingerprint density at radius 1 is 1.46 bits per heavy atom. The first kappa shape index (κ1) is 9.45. The van der Waals surface area contributed by atoms with Crippen molar-refractivity contribution in [3.05, 3.63) is 35.9 Å². The topological polar surface area (TPSA) is 49.7 Å². The first-order valence-corrected chi connectivity index (χ1v) is 4.01. The number of nitrogens with zero attached hydrogens (tertiary/aromatic N) is 1. The van der Waals surface area contributed by atoms with Gasteiger partial charge >= 0.3 is 5.97 Å². The highest BCUT2D eigenvalue weighted by Gasteiger charge is 2.00. The molecule has 0 bridgehead atoms. The lowest BCUT2D eigenvalue weighted by molar-refractivity contribution is -0.128. The summed E-state index contributed by atoms with van der Waals surface area (Å²) in [5.74, 6) is -1.01. The minimum Gasteiger partial charge on any atom is -0.477 e. The van der Waals surface area contributed by atoms with Crippen LogP contribution in [0.15, 0.2) is 35.3 Å². The second-order valence-corrected chi connectivity index (χ2v) is 2.70. The molecule has 0 aliphatic carbocycles. The number of aliphatic carboxylic acids is 1. The molecule has 3 heteroatoms. The molecule has 68 valence electrons. The molecule has 1 N–H and O–H groups in total. The Bertz CT molecular complexity index is 306. The van der Waals surface area contributed by atoms with Crippen molar-refractivity contribution in [3.8, 4) is 0 Å². The quantitative estimate of drug-likeness (QED) is 0.717. The van der Waals surface area contributed by atoms with Crippen LogP contribution < -0.4 is 0 Å². The van der Waals surface area contributed by atoms with E-state index in [9.17, 15) is 4.79 Å². The van der Waals surface area contributed by atoms with Crippen molar-refractivity contribution in [2.45, 2.75) is 13.0 Å². The third-order valence-electron chi connectivity index (χ3n) is 1.69. The summed E-state index contributed by atoms with van der Waals surface area (Å²) in [6.45, 7) is 1.86. The van der Waals surface area contributed by atoms with E-state index in [1.54, 1.807) is 0 Å². The summed E-state index contributed by atoms with van der Waals surface area (Å²) in [4.78, 5) is 14.1. The molecule has 3 nitrogen and oxygen atoms in total. The van der Waals surface area contributed by atoms with Crippen molar-refractivity contribution >= 4 is 12.2 Å². The number of carboxylic acids is 1. The van der Waals surface area contributed by atoms with Crippen LogP contribution in [0.3, 0.4) is 0 Å². The maximum absolute atomic E-state index is 10.2. The molecular weight excluding hydrogens is 166 g/mol. The number of carboxylic acid groups (broad SMARTS) is 1. The van der Waals surface area contributed by atoms with Crippen molar-refractivity contribution < 1.29 is 9.90 Å². The molecule has 0 aromatic heterocycles. The van der Waals surface area contributed by atoms with E-state index in [1.807, 2.05) is 37.3 Å². The van der Waals surface area contributed by atoms with Gasteiger partial charge in [-0.05, 0) is 12.5 Å². The third kappa shape index (κ3) is 3.07. The molecule has 0 heterocycles. The van der Waals surface area contributed by atoms with Crippen molar-refractivity contribution in [2.24, 2.45) is 4.99 Å². The number of aliphatic imine (C=N–C) groups is 1. The van der Waals surface area contributed by atoms with E-state index >= 15 is 0 Å². The second kappa shape index (κ2) is 4.40. The fourth-order valence-electron chi connectivity index (χ4n) is 0.993. The van der Waals surface area contributed by atoms with E-state index in [0.717, 1.165) is 11.8 Å². The largest absolute Gasteiger partial charge is 0.477 e. The number of hydrogen-bond acceptors (Lipinski definition) is 2. The van der Waals surface area contributed by atoms with Crippen molar-refractivity contribution in [2.75, 3.05) is 0 Å². The number of rotatable bonds is 3. The molecule has 1 aromatic rings. The summed E-state index contributed by atoms with van der Waals surface area (Å²) in [5, 5.41) is 8.36. The van der Waals surface area contributed by atoms with Crippen LogP contribution in [0.1, 0.15) is 18.5 Å². The van der Waals surface area contributed by atoms with Gasteiger partial charge < -0.3 is 5.11 Å². The van der Waals surface area contributed by atoms with E-state index in [0.29, 0.717) is 0 Å². The molecule has 1 aromatic carbocycles. The first-order valence-electron chi connectivity index (χ1n) is 4.01. The molecule has 0 saturated carbocycles. The fourth-order valence-corrected chi connectivity index (χ4v) is 0.993. The highest BCUT2D eigenvalue weighted by Crippen LogP contribution is 2.14. The van der Waals surface area contributed by atoms with Crippen LogP contribution in [-0.2, 0) is 4.79 Å². The predicted octanol–water partition coefficient (Wildman–Crippen LogP) is 1.90. The SMILES string of the molecule is C[C@H](/N=C/C(=O)O)c1ccccc1. The van der Waals surface area contributed by atoms with Gasteiger partial charge in [0.25, 0.3) is 0 Å². The molecule has 0 spiro atoms. The zero-order valence-corrected chi connectivity index (χ0v) is 7.34. The highest BCUT2D eigenvalue weighted by atomic mass is 16.4. The average Bonchev–Trinajstić information content (AvgIpc) is 2.15. The normalized spacial score (nSPS) is 13.0. The second-order valence-electron chi connectivity index (χ2n) is 2.70. The molecule has 0 aliphatic heterocycles. The van der Waals surface area contributed by atoms with Gasteiger partial charge in [0.05, 0.1) is 6.04 Å². The molecule has 0 amide bonds. The van der Waals surface area contributed by atoms with Crippen LogP contribution in [0.4, 0.5) is 0 Å². The summed E-state index contributed by atoms with van der Waals surface area (Å²) < 4.78 is 0. The number of carbonyl (C=O) groups is 1. The van der Waals surface area contributed by atoms with Crippen LogP contribution in [0, 0.1) is 0 Å². The van der Waals surface area contributed by atoms with Crippen LogP contribution in [-0.4, -0.2) is 17.3 Å². The lowest BCUT2D eigenvalue weighted by Gasteiger charge is -2.04. The van der Waals surface area contributed by atoms with Gasteiger partial charge in [-0.3, -0.25) is 4.99 Å². The summed E-state index contributed by atoms with van der Waals surface area (Å²) in [7, 11) is 0. The van der Waals surface area contributed by atoms with Crippen LogP contribution in [0.2, 0.25) is 0 Å². The molecule has 1 rings (SSSR count). The molecular formula is C10H11NO2. The monoisotopic (exact) mass is 177 g/mol. The lowest BCUT2D eigenvalue weighted by atomic mass is 10.1. The predicted molar refractivity (Wildman–Crippen MR) is 51.0 cm³/mol. The van der Waals surface area contributed by atoms with E-state index in [1.165, 1.54) is 0 Å². The van der Waals surface area contributed by atoms with Gasteiger partial charge in [0.2, 0.25) is 0 Å². The van der Waals surface area contributed by atoms with Gasteiger partial charge in [0.15, 0.2) is 0 Å². The average molecular weight is 177 g/mol. The van der Waals surface area contributed by atoms with E-state index in [-0.39, 0.29) is 6.04 Å². The molecule has 0 fully saturated rings. The van der Waals surface area contributed by atoms with Gasteiger partial charge in [-0.15, -0.1) is 0 Å². The Balaban J connectivity index is 2.69. The number of benzene rings is 1. The van der Waals surface area contributed by atoms with Gasteiger partial charge in [0.1, 0.15) is 6.21 Å². The number of hydrogen-bond donors (Lipinski definition) is 1. The molecule has 0 unspecified atom stereocenters. The van der Waals surface area contributed by atoms with E-state index in [4.69, 9.17) is 5.11 Å². The van der Waals surface area contributed by atoms with Crippen molar-refractivity contribution in [3.63, 3.8) is 0 Å². The minimum atomic E-state index is -1.01. The lowest BCUT2D eigenvalue weighted by Crippen LogP contribution is -1.98. The summed E-state index contributed by atoms with van der Waals surface area (Å²) >= 11 is 0. The maximum Gasteiger partial charge on any atom is 0.346 e. The Morgan fingerprint density at radius 3 is 2.62 bits per heavy atom. The standard InChI is InChI=1S/C10H11NO2/c1-8(11-7-10(12)13)9-5-3-2-4-6-9/h2-8H,1H3,(H,12,13)/b11-7+/t8-/m0/s1. The Labute approximate surface area is 76.7 Å².